The van der Waals surface area contributed by atoms with Crippen LogP contribution in [0.3, 0.4) is 0 Å². The normalized spacial score (nSPS) is 33.9. The van der Waals surface area contributed by atoms with Crippen molar-refractivity contribution >= 4 is 11.5 Å². The van der Waals surface area contributed by atoms with Crippen molar-refractivity contribution < 1.29 is 5.11 Å². The summed E-state index contributed by atoms with van der Waals surface area (Å²) >= 11 is 1.32. The van der Waals surface area contributed by atoms with Crippen molar-refractivity contribution in [2.45, 2.75) is 39.2 Å². The Labute approximate surface area is 94.7 Å². The molecule has 1 heterocycles. The first-order valence-corrected chi connectivity index (χ1v) is 6.41. The maximum atomic E-state index is 10.2. The molecule has 0 spiro atoms. The molecule has 4 heteroatoms. The number of nitrogens with zero attached hydrogens (tertiary/aromatic N) is 2. The predicted molar refractivity (Wildman–Crippen MR) is 60.5 cm³/mol. The standard InChI is InChI=1S/C11H18N2OS/c1-7-3-4-9(5-8(7)2)11(14)10-6-12-13-15-10/h6-9,11,14H,3-5H2,1-2H3. The summed E-state index contributed by atoms with van der Waals surface area (Å²) in [5, 5.41) is 13.9. The minimum absolute atomic E-state index is 0.347. The second-order valence-corrected chi connectivity index (χ2v) is 5.61. The topological polar surface area (TPSA) is 46.0 Å². The molecule has 0 radical (unpaired) electrons. The van der Waals surface area contributed by atoms with Gasteiger partial charge in [-0.3, -0.25) is 0 Å². The average Bonchev–Trinajstić information content (AvgIpc) is 2.74. The van der Waals surface area contributed by atoms with Crippen LogP contribution in [0.15, 0.2) is 6.20 Å². The molecule has 2 rings (SSSR count). The van der Waals surface area contributed by atoms with Crippen LogP contribution in [0.4, 0.5) is 0 Å². The zero-order chi connectivity index (χ0) is 10.8. The van der Waals surface area contributed by atoms with Gasteiger partial charge in [-0.2, -0.15) is 0 Å². The molecule has 0 saturated heterocycles. The summed E-state index contributed by atoms with van der Waals surface area (Å²) in [5.41, 5.74) is 0. The Bertz CT molecular complexity index is 302. The Hall–Kier alpha value is -0.480. The molecule has 4 unspecified atom stereocenters. The quantitative estimate of drug-likeness (QED) is 0.843. The number of hydrogen-bond donors (Lipinski definition) is 1. The fraction of sp³-hybridized carbons (Fsp3) is 0.818. The van der Waals surface area contributed by atoms with E-state index in [0.29, 0.717) is 5.92 Å². The van der Waals surface area contributed by atoms with Crippen molar-refractivity contribution in [1.29, 1.82) is 0 Å². The Balaban J connectivity index is 2.00. The highest BCUT2D eigenvalue weighted by molar-refractivity contribution is 7.05. The largest absolute Gasteiger partial charge is 0.387 e. The summed E-state index contributed by atoms with van der Waals surface area (Å²) in [6.07, 6.45) is 4.83. The first-order valence-electron chi connectivity index (χ1n) is 5.63. The van der Waals surface area contributed by atoms with Crippen molar-refractivity contribution in [3.8, 4) is 0 Å². The Morgan fingerprint density at radius 1 is 1.40 bits per heavy atom. The van der Waals surface area contributed by atoms with E-state index in [1.54, 1.807) is 6.20 Å². The van der Waals surface area contributed by atoms with Gasteiger partial charge in [0.1, 0.15) is 0 Å². The van der Waals surface area contributed by atoms with Crippen LogP contribution in [0.2, 0.25) is 0 Å². The maximum Gasteiger partial charge on any atom is 0.0942 e. The highest BCUT2D eigenvalue weighted by Gasteiger charge is 2.30. The van der Waals surface area contributed by atoms with Gasteiger partial charge in [0.05, 0.1) is 17.2 Å². The first-order chi connectivity index (χ1) is 7.18. The van der Waals surface area contributed by atoms with Crippen LogP contribution in [-0.2, 0) is 0 Å². The Kier molecular flexibility index (Phi) is 3.36. The lowest BCUT2D eigenvalue weighted by molar-refractivity contribution is 0.0584. The second kappa shape index (κ2) is 4.58. The molecule has 1 N–H and O–H groups in total. The molecule has 1 aromatic rings. The highest BCUT2D eigenvalue weighted by atomic mass is 32.1. The van der Waals surface area contributed by atoms with E-state index in [1.165, 1.54) is 18.0 Å². The van der Waals surface area contributed by atoms with Crippen LogP contribution in [0.25, 0.3) is 0 Å². The van der Waals surface area contributed by atoms with E-state index in [2.05, 4.69) is 23.4 Å². The third-order valence-electron chi connectivity index (χ3n) is 3.76. The lowest BCUT2D eigenvalue weighted by Gasteiger charge is -2.34. The zero-order valence-corrected chi connectivity index (χ0v) is 10.1. The summed E-state index contributed by atoms with van der Waals surface area (Å²) in [7, 11) is 0. The van der Waals surface area contributed by atoms with Gasteiger partial charge in [0.2, 0.25) is 0 Å². The number of aliphatic hydroxyl groups excluding tert-OH is 1. The van der Waals surface area contributed by atoms with Crippen LogP contribution in [0.5, 0.6) is 0 Å². The van der Waals surface area contributed by atoms with Crippen LogP contribution in [-0.4, -0.2) is 14.7 Å². The maximum absolute atomic E-state index is 10.2. The molecule has 1 aromatic heterocycles. The van der Waals surface area contributed by atoms with E-state index in [9.17, 15) is 5.11 Å². The van der Waals surface area contributed by atoms with Crippen LogP contribution >= 0.6 is 11.5 Å². The molecule has 1 aliphatic carbocycles. The van der Waals surface area contributed by atoms with Crippen molar-refractivity contribution in [2.24, 2.45) is 17.8 Å². The zero-order valence-electron chi connectivity index (χ0n) is 9.26. The molecule has 1 fully saturated rings. The minimum Gasteiger partial charge on any atom is -0.387 e. The smallest absolute Gasteiger partial charge is 0.0942 e. The summed E-state index contributed by atoms with van der Waals surface area (Å²) in [6, 6.07) is 0. The van der Waals surface area contributed by atoms with E-state index in [1.807, 2.05) is 0 Å². The van der Waals surface area contributed by atoms with Gasteiger partial charge in [0.25, 0.3) is 0 Å². The SMILES string of the molecule is CC1CCC(C(O)c2cnns2)CC1C. The van der Waals surface area contributed by atoms with E-state index in [4.69, 9.17) is 0 Å². The lowest BCUT2D eigenvalue weighted by Crippen LogP contribution is -2.24. The van der Waals surface area contributed by atoms with Crippen LogP contribution < -0.4 is 0 Å². The van der Waals surface area contributed by atoms with Crippen molar-refractivity contribution in [2.75, 3.05) is 0 Å². The summed E-state index contributed by atoms with van der Waals surface area (Å²) in [5.74, 6) is 1.92. The van der Waals surface area contributed by atoms with Gasteiger partial charge >= 0.3 is 0 Å². The summed E-state index contributed by atoms with van der Waals surface area (Å²) in [4.78, 5) is 0.918. The molecule has 84 valence electrons. The third-order valence-corrected chi connectivity index (χ3v) is 4.49. The lowest BCUT2D eigenvalue weighted by atomic mass is 9.74. The molecule has 4 atom stereocenters. The second-order valence-electron chi connectivity index (χ2n) is 4.79. The average molecular weight is 226 g/mol. The molecule has 3 nitrogen and oxygen atoms in total. The Morgan fingerprint density at radius 2 is 2.20 bits per heavy atom. The molecular weight excluding hydrogens is 208 g/mol. The fourth-order valence-corrected chi connectivity index (χ4v) is 3.00. The van der Waals surface area contributed by atoms with Gasteiger partial charge < -0.3 is 5.11 Å². The number of rotatable bonds is 2. The predicted octanol–water partition coefficient (Wildman–Crippen LogP) is 2.64. The van der Waals surface area contributed by atoms with Gasteiger partial charge in [0, 0.05) is 0 Å². The molecule has 1 saturated carbocycles. The fourth-order valence-electron chi connectivity index (χ4n) is 2.41. The van der Waals surface area contributed by atoms with E-state index >= 15 is 0 Å². The number of aliphatic hydroxyl groups is 1. The monoisotopic (exact) mass is 226 g/mol. The highest BCUT2D eigenvalue weighted by Crippen LogP contribution is 2.40. The molecule has 1 aliphatic rings. The molecule has 15 heavy (non-hydrogen) atoms. The first kappa shape index (κ1) is 11.0. The van der Waals surface area contributed by atoms with Crippen LogP contribution in [0, 0.1) is 17.8 Å². The minimum atomic E-state index is -0.347. The van der Waals surface area contributed by atoms with E-state index in [0.717, 1.165) is 29.6 Å². The Morgan fingerprint density at radius 3 is 2.80 bits per heavy atom. The van der Waals surface area contributed by atoms with Crippen molar-refractivity contribution in [3.63, 3.8) is 0 Å². The molecule has 0 bridgehead atoms. The van der Waals surface area contributed by atoms with Crippen molar-refractivity contribution in [1.82, 2.24) is 9.59 Å². The van der Waals surface area contributed by atoms with Gasteiger partial charge in [-0.1, -0.05) is 24.8 Å². The molecule has 0 amide bonds. The van der Waals surface area contributed by atoms with Gasteiger partial charge in [-0.15, -0.1) is 5.10 Å². The van der Waals surface area contributed by atoms with Gasteiger partial charge in [0.15, 0.2) is 0 Å². The number of hydrogen-bond acceptors (Lipinski definition) is 4. The van der Waals surface area contributed by atoms with E-state index in [-0.39, 0.29) is 6.10 Å². The molecule has 0 aliphatic heterocycles. The van der Waals surface area contributed by atoms with Crippen LogP contribution in [0.1, 0.15) is 44.1 Å². The molecule has 0 aromatic carbocycles. The van der Waals surface area contributed by atoms with Gasteiger partial charge in [-0.25, -0.2) is 0 Å². The van der Waals surface area contributed by atoms with Crippen molar-refractivity contribution in [3.05, 3.63) is 11.1 Å². The summed E-state index contributed by atoms with van der Waals surface area (Å²) < 4.78 is 3.80. The third kappa shape index (κ3) is 2.37. The molecular formula is C11H18N2OS. The van der Waals surface area contributed by atoms with E-state index < -0.39 is 0 Å². The summed E-state index contributed by atoms with van der Waals surface area (Å²) in [6.45, 7) is 4.59. The van der Waals surface area contributed by atoms with Gasteiger partial charge in [-0.05, 0) is 42.1 Å². The number of aromatic nitrogens is 2.